The van der Waals surface area contributed by atoms with Gasteiger partial charge in [0.05, 0.1) is 6.61 Å². The van der Waals surface area contributed by atoms with Gasteiger partial charge in [0.2, 0.25) is 0 Å². The monoisotopic (exact) mass is 391 g/mol. The minimum Gasteiger partial charge on any atom is -0.449 e. The summed E-state index contributed by atoms with van der Waals surface area (Å²) in [6.45, 7) is 2.86. The van der Waals surface area contributed by atoms with Gasteiger partial charge in [-0.05, 0) is 12.3 Å². The fourth-order valence-electron chi connectivity index (χ4n) is 1.98. The quantitative estimate of drug-likeness (QED) is 0.594. The highest BCUT2D eigenvalue weighted by molar-refractivity contribution is 5.69. The van der Waals surface area contributed by atoms with E-state index in [2.05, 4.69) is 4.74 Å². The van der Waals surface area contributed by atoms with Crippen molar-refractivity contribution in [3.8, 4) is 0 Å². The molecule has 0 spiro atoms. The first kappa shape index (κ1) is 23.6. The summed E-state index contributed by atoms with van der Waals surface area (Å²) in [6, 6.07) is 0. The Morgan fingerprint density at radius 1 is 0.920 bits per heavy atom. The van der Waals surface area contributed by atoms with Gasteiger partial charge in [-0.2, -0.15) is 39.5 Å². The molecule has 150 valence electrons. The number of alkyl halides is 9. The van der Waals surface area contributed by atoms with E-state index < -0.39 is 36.8 Å². The van der Waals surface area contributed by atoms with Crippen LogP contribution in [-0.4, -0.2) is 36.8 Å². The second kappa shape index (κ2) is 8.35. The van der Waals surface area contributed by atoms with Gasteiger partial charge in [0.15, 0.2) is 0 Å². The van der Waals surface area contributed by atoms with E-state index in [4.69, 9.17) is 0 Å². The lowest BCUT2D eigenvalue weighted by Gasteiger charge is -2.38. The van der Waals surface area contributed by atoms with Gasteiger partial charge in [0, 0.05) is 0 Å². The molecule has 1 amide bonds. The molecule has 0 fully saturated rings. The van der Waals surface area contributed by atoms with E-state index in [1.807, 2.05) is 6.92 Å². The Morgan fingerprint density at radius 2 is 1.36 bits per heavy atom. The van der Waals surface area contributed by atoms with E-state index in [9.17, 15) is 44.3 Å². The maximum atomic E-state index is 12.6. The van der Waals surface area contributed by atoms with Crippen LogP contribution in [0.1, 0.15) is 39.5 Å². The molecule has 0 heterocycles. The number of carbonyl (C=O) groups excluding carboxylic acids is 1. The zero-order valence-corrected chi connectivity index (χ0v) is 13.3. The molecule has 0 aromatic carbocycles. The number of amides is 1. The first-order chi connectivity index (χ1) is 11.1. The first-order valence-electron chi connectivity index (χ1n) is 7.29. The third kappa shape index (κ3) is 5.56. The number of hydrogen-bond donors (Lipinski definition) is 1. The van der Waals surface area contributed by atoms with Crippen LogP contribution in [0, 0.1) is 5.92 Å². The van der Waals surface area contributed by atoms with Crippen LogP contribution >= 0.6 is 0 Å². The zero-order valence-electron chi connectivity index (χ0n) is 13.3. The highest BCUT2D eigenvalue weighted by Crippen LogP contribution is 2.52. The van der Waals surface area contributed by atoms with Crippen LogP contribution in [0.2, 0.25) is 0 Å². The molecule has 0 aliphatic rings. The Hall–Kier alpha value is -1.36. The number of alkyl carbamates (subject to hydrolysis) is 1. The van der Waals surface area contributed by atoms with E-state index in [0.717, 1.165) is 6.42 Å². The van der Waals surface area contributed by atoms with E-state index in [-0.39, 0.29) is 11.2 Å². The molecule has 0 radical (unpaired) electrons. The SMILES string of the molecule is CCCC[C@@H](CC)COC(=O)NC(C(F)(F)F)(C(F)(F)F)C(F)(F)F. The fraction of sp³-hybridized carbons (Fsp3) is 0.923. The molecular weight excluding hydrogens is 373 g/mol. The van der Waals surface area contributed by atoms with Crippen LogP contribution in [0.25, 0.3) is 0 Å². The molecule has 12 heteroatoms. The number of unbranched alkanes of at least 4 members (excludes halogenated alkanes) is 1. The van der Waals surface area contributed by atoms with Gasteiger partial charge in [-0.15, -0.1) is 0 Å². The zero-order chi connectivity index (χ0) is 20.1. The fourth-order valence-corrected chi connectivity index (χ4v) is 1.98. The minimum absolute atomic E-state index is 0.0502. The van der Waals surface area contributed by atoms with E-state index in [1.165, 1.54) is 0 Å². The molecule has 0 unspecified atom stereocenters. The molecule has 1 atom stereocenters. The number of halogens is 9. The summed E-state index contributed by atoms with van der Waals surface area (Å²) >= 11 is 0. The number of carbonyl (C=O) groups is 1. The summed E-state index contributed by atoms with van der Waals surface area (Å²) < 4.78 is 118. The molecule has 0 bridgehead atoms. The summed E-state index contributed by atoms with van der Waals surface area (Å²) in [6.07, 6.45) is -20.8. The molecule has 25 heavy (non-hydrogen) atoms. The number of rotatable bonds is 7. The minimum atomic E-state index is -6.87. The van der Waals surface area contributed by atoms with Gasteiger partial charge in [-0.3, -0.25) is 5.32 Å². The molecule has 0 saturated carbocycles. The lowest BCUT2D eigenvalue weighted by Crippen LogP contribution is -2.75. The number of ether oxygens (including phenoxy) is 1. The highest BCUT2D eigenvalue weighted by atomic mass is 19.4. The van der Waals surface area contributed by atoms with Gasteiger partial charge in [0.1, 0.15) is 0 Å². The topological polar surface area (TPSA) is 38.3 Å². The van der Waals surface area contributed by atoms with Crippen molar-refractivity contribution >= 4 is 6.09 Å². The summed E-state index contributed by atoms with van der Waals surface area (Å²) in [4.78, 5) is 11.3. The molecule has 0 saturated heterocycles. The molecule has 0 aliphatic heterocycles. The van der Waals surface area contributed by atoms with Crippen molar-refractivity contribution in [2.75, 3.05) is 6.61 Å². The Kier molecular flexibility index (Phi) is 7.89. The third-order valence-corrected chi connectivity index (χ3v) is 3.56. The standard InChI is InChI=1S/C13H18F9NO2/c1-3-5-6-8(4-2)7-25-9(24)23-10(11(14,15)16,12(17,18)19)13(20,21)22/h8H,3-7H2,1-2H3,(H,23,24)/t8-/m1/s1. The van der Waals surface area contributed by atoms with Gasteiger partial charge in [-0.25, -0.2) is 4.79 Å². The normalized spacial score (nSPS) is 15.0. The maximum absolute atomic E-state index is 12.6. The van der Waals surface area contributed by atoms with Crippen LogP contribution in [0.3, 0.4) is 0 Å². The van der Waals surface area contributed by atoms with Crippen LogP contribution in [0.5, 0.6) is 0 Å². The lowest BCUT2D eigenvalue weighted by molar-refractivity contribution is -0.387. The predicted molar refractivity (Wildman–Crippen MR) is 68.7 cm³/mol. The summed E-state index contributed by atoms with van der Waals surface area (Å²) in [7, 11) is 0. The number of nitrogens with one attached hydrogen (secondary N) is 1. The van der Waals surface area contributed by atoms with Crippen LogP contribution < -0.4 is 5.32 Å². The van der Waals surface area contributed by atoms with Crippen molar-refractivity contribution in [2.24, 2.45) is 5.92 Å². The predicted octanol–water partition coefficient (Wildman–Crippen LogP) is 5.35. The smallest absolute Gasteiger partial charge is 0.429 e. The largest absolute Gasteiger partial charge is 0.449 e. The van der Waals surface area contributed by atoms with Gasteiger partial charge < -0.3 is 4.74 Å². The molecule has 0 rings (SSSR count). The molecule has 3 nitrogen and oxygen atoms in total. The molecule has 0 aromatic rings. The van der Waals surface area contributed by atoms with E-state index in [1.54, 1.807) is 6.92 Å². The van der Waals surface area contributed by atoms with Crippen LogP contribution in [-0.2, 0) is 4.74 Å². The molecule has 0 aromatic heterocycles. The van der Waals surface area contributed by atoms with Gasteiger partial charge in [0.25, 0.3) is 0 Å². The van der Waals surface area contributed by atoms with E-state index in [0.29, 0.717) is 19.3 Å². The lowest BCUT2D eigenvalue weighted by atomic mass is 9.97. The first-order valence-corrected chi connectivity index (χ1v) is 7.29. The highest BCUT2D eigenvalue weighted by Gasteiger charge is 2.85. The van der Waals surface area contributed by atoms with Crippen LogP contribution in [0.4, 0.5) is 44.3 Å². The third-order valence-electron chi connectivity index (χ3n) is 3.56. The Labute approximate surface area is 137 Å². The Bertz CT molecular complexity index is 393. The summed E-state index contributed by atoms with van der Waals surface area (Å²) in [5.41, 5.74) is -6.41. The second-order valence-corrected chi connectivity index (χ2v) is 5.38. The number of hydrogen-bond acceptors (Lipinski definition) is 2. The van der Waals surface area contributed by atoms with Crippen LogP contribution in [0.15, 0.2) is 0 Å². The van der Waals surface area contributed by atoms with Crippen molar-refractivity contribution in [2.45, 2.75) is 63.6 Å². The molecule has 1 N–H and O–H groups in total. The summed E-state index contributed by atoms with van der Waals surface area (Å²) in [5.74, 6) is -0.386. The molecular formula is C13H18F9NO2. The Morgan fingerprint density at radius 3 is 1.68 bits per heavy atom. The van der Waals surface area contributed by atoms with Crippen molar-refractivity contribution in [1.29, 1.82) is 0 Å². The average Bonchev–Trinajstić information content (AvgIpc) is 2.40. The maximum Gasteiger partial charge on any atom is 0.429 e. The average molecular weight is 391 g/mol. The van der Waals surface area contributed by atoms with Crippen molar-refractivity contribution in [1.82, 2.24) is 5.32 Å². The van der Waals surface area contributed by atoms with Crippen molar-refractivity contribution < 1.29 is 49.0 Å². The van der Waals surface area contributed by atoms with Crippen molar-refractivity contribution in [3.05, 3.63) is 0 Å². The Balaban J connectivity index is 5.38. The van der Waals surface area contributed by atoms with Gasteiger partial charge >= 0.3 is 30.2 Å². The summed E-state index contributed by atoms with van der Waals surface area (Å²) in [5, 5.41) is -0.0502. The van der Waals surface area contributed by atoms with E-state index >= 15 is 0 Å². The second-order valence-electron chi connectivity index (χ2n) is 5.38. The molecule has 0 aliphatic carbocycles. The van der Waals surface area contributed by atoms with Gasteiger partial charge in [-0.1, -0.05) is 33.1 Å². The van der Waals surface area contributed by atoms with Crippen molar-refractivity contribution in [3.63, 3.8) is 0 Å².